The molecule has 2 aromatic carbocycles. The second-order valence-corrected chi connectivity index (χ2v) is 5.79. The van der Waals surface area contributed by atoms with Crippen molar-refractivity contribution in [1.29, 1.82) is 0 Å². The van der Waals surface area contributed by atoms with E-state index in [9.17, 15) is 14.4 Å². The molecule has 0 heterocycles. The molecule has 0 saturated heterocycles. The summed E-state index contributed by atoms with van der Waals surface area (Å²) in [4.78, 5) is 35.5. The van der Waals surface area contributed by atoms with Gasteiger partial charge in [-0.3, -0.25) is 4.79 Å². The van der Waals surface area contributed by atoms with Gasteiger partial charge in [0, 0.05) is 11.6 Å². The van der Waals surface area contributed by atoms with Gasteiger partial charge >= 0.3 is 11.9 Å². The molecule has 0 spiro atoms. The summed E-state index contributed by atoms with van der Waals surface area (Å²) in [5, 5.41) is 3.22. The van der Waals surface area contributed by atoms with Crippen molar-refractivity contribution in [2.45, 2.75) is 6.54 Å². The summed E-state index contributed by atoms with van der Waals surface area (Å²) in [5.41, 5.74) is 0.979. The number of benzene rings is 2. The van der Waals surface area contributed by atoms with E-state index in [0.29, 0.717) is 5.02 Å². The van der Waals surface area contributed by atoms with Crippen LogP contribution in [0.2, 0.25) is 5.02 Å². The standard InChI is InChI=1S/C19H18ClNO6/c1-25-18(23)13-7-14(19(24)26-2)9-15(8-13)27-11-17(22)21-10-12-5-3-4-6-16(12)20/h3-9H,10-11H2,1-2H3,(H,21,22). The van der Waals surface area contributed by atoms with Gasteiger partial charge in [0.2, 0.25) is 0 Å². The predicted octanol–water partition coefficient (Wildman–Crippen LogP) is 2.61. The number of halogens is 1. The Morgan fingerprint density at radius 3 is 2.11 bits per heavy atom. The van der Waals surface area contributed by atoms with Crippen LogP contribution in [0.25, 0.3) is 0 Å². The maximum Gasteiger partial charge on any atom is 0.338 e. The molecule has 0 aliphatic rings. The second-order valence-electron chi connectivity index (χ2n) is 5.39. The highest BCUT2D eigenvalue weighted by Crippen LogP contribution is 2.19. The number of carbonyl (C=O) groups excluding carboxylic acids is 3. The van der Waals surface area contributed by atoms with E-state index in [1.165, 1.54) is 32.4 Å². The molecule has 0 fully saturated rings. The van der Waals surface area contributed by atoms with E-state index < -0.39 is 17.8 Å². The van der Waals surface area contributed by atoms with Crippen LogP contribution in [0.5, 0.6) is 5.75 Å². The van der Waals surface area contributed by atoms with E-state index in [4.69, 9.17) is 16.3 Å². The van der Waals surface area contributed by atoms with Crippen molar-refractivity contribution in [3.8, 4) is 5.75 Å². The van der Waals surface area contributed by atoms with Crippen LogP contribution in [-0.2, 0) is 20.8 Å². The van der Waals surface area contributed by atoms with Crippen molar-refractivity contribution in [1.82, 2.24) is 5.32 Å². The molecule has 0 saturated carbocycles. The third-order valence-electron chi connectivity index (χ3n) is 3.55. The highest BCUT2D eigenvalue weighted by atomic mass is 35.5. The van der Waals surface area contributed by atoms with Crippen LogP contribution in [0.1, 0.15) is 26.3 Å². The molecule has 7 nitrogen and oxygen atoms in total. The second kappa shape index (κ2) is 9.59. The van der Waals surface area contributed by atoms with Gasteiger partial charge in [-0.1, -0.05) is 29.8 Å². The van der Waals surface area contributed by atoms with Crippen LogP contribution in [0.15, 0.2) is 42.5 Å². The third kappa shape index (κ3) is 5.72. The Morgan fingerprint density at radius 2 is 1.56 bits per heavy atom. The number of carbonyl (C=O) groups is 3. The summed E-state index contributed by atoms with van der Waals surface area (Å²) in [6.45, 7) is -0.0623. The number of hydrogen-bond acceptors (Lipinski definition) is 6. The first-order valence-electron chi connectivity index (χ1n) is 7.89. The van der Waals surface area contributed by atoms with Crippen LogP contribution in [0.3, 0.4) is 0 Å². The van der Waals surface area contributed by atoms with Gasteiger partial charge in [-0.25, -0.2) is 9.59 Å². The van der Waals surface area contributed by atoms with Gasteiger partial charge in [0.15, 0.2) is 6.61 Å². The van der Waals surface area contributed by atoms with Gasteiger partial charge in [-0.2, -0.15) is 0 Å². The Balaban J connectivity index is 2.03. The quantitative estimate of drug-likeness (QED) is 0.729. The molecule has 0 unspecified atom stereocenters. The van der Waals surface area contributed by atoms with E-state index >= 15 is 0 Å². The fourth-order valence-corrected chi connectivity index (χ4v) is 2.39. The summed E-state index contributed by atoms with van der Waals surface area (Å²) >= 11 is 6.03. The van der Waals surface area contributed by atoms with Crippen molar-refractivity contribution < 1.29 is 28.6 Å². The molecule has 0 aliphatic carbocycles. The zero-order valence-corrected chi connectivity index (χ0v) is 15.5. The molecular formula is C19H18ClNO6. The smallest absolute Gasteiger partial charge is 0.338 e. The number of ether oxygens (including phenoxy) is 3. The van der Waals surface area contributed by atoms with Crippen molar-refractivity contribution in [2.24, 2.45) is 0 Å². The van der Waals surface area contributed by atoms with Gasteiger partial charge in [0.05, 0.1) is 25.3 Å². The fraction of sp³-hybridized carbons (Fsp3) is 0.211. The molecule has 1 amide bonds. The number of rotatable bonds is 7. The largest absolute Gasteiger partial charge is 0.484 e. The molecule has 2 aromatic rings. The minimum absolute atomic E-state index is 0.104. The topological polar surface area (TPSA) is 90.9 Å². The van der Waals surface area contributed by atoms with E-state index in [0.717, 1.165) is 5.56 Å². The van der Waals surface area contributed by atoms with E-state index in [-0.39, 0.29) is 30.0 Å². The third-order valence-corrected chi connectivity index (χ3v) is 3.92. The van der Waals surface area contributed by atoms with E-state index in [2.05, 4.69) is 14.8 Å². The molecule has 142 valence electrons. The monoisotopic (exact) mass is 391 g/mol. The summed E-state index contributed by atoms with van der Waals surface area (Å²) < 4.78 is 14.7. The summed E-state index contributed by atoms with van der Waals surface area (Å²) in [7, 11) is 2.44. The maximum absolute atomic E-state index is 12.0. The number of methoxy groups -OCH3 is 2. The molecule has 8 heteroatoms. The highest BCUT2D eigenvalue weighted by molar-refractivity contribution is 6.31. The molecule has 1 N–H and O–H groups in total. The Labute approximate surface area is 161 Å². The van der Waals surface area contributed by atoms with Gasteiger partial charge in [-0.15, -0.1) is 0 Å². The summed E-state index contributed by atoms with van der Waals surface area (Å²) in [6, 6.07) is 11.2. The summed E-state index contributed by atoms with van der Waals surface area (Å²) in [6.07, 6.45) is 0. The minimum Gasteiger partial charge on any atom is -0.484 e. The first-order valence-corrected chi connectivity index (χ1v) is 8.27. The lowest BCUT2D eigenvalue weighted by Gasteiger charge is -2.11. The Hall–Kier alpha value is -3.06. The minimum atomic E-state index is -0.645. The van der Waals surface area contributed by atoms with Gasteiger partial charge < -0.3 is 19.5 Å². The van der Waals surface area contributed by atoms with Crippen molar-refractivity contribution in [2.75, 3.05) is 20.8 Å². The zero-order chi connectivity index (χ0) is 19.8. The molecule has 27 heavy (non-hydrogen) atoms. The van der Waals surface area contributed by atoms with Gasteiger partial charge in [0.1, 0.15) is 5.75 Å². The van der Waals surface area contributed by atoms with Gasteiger partial charge in [-0.05, 0) is 29.8 Å². The number of amides is 1. The Morgan fingerprint density at radius 1 is 0.963 bits per heavy atom. The van der Waals surface area contributed by atoms with Crippen LogP contribution in [0.4, 0.5) is 0 Å². The average Bonchev–Trinajstić information content (AvgIpc) is 2.70. The normalized spacial score (nSPS) is 10.0. The molecular weight excluding hydrogens is 374 g/mol. The fourth-order valence-electron chi connectivity index (χ4n) is 2.19. The van der Waals surface area contributed by atoms with E-state index in [1.807, 2.05) is 6.07 Å². The number of nitrogens with one attached hydrogen (secondary N) is 1. The lowest BCUT2D eigenvalue weighted by Crippen LogP contribution is -2.28. The number of hydrogen-bond donors (Lipinski definition) is 1. The van der Waals surface area contributed by atoms with Crippen molar-refractivity contribution in [3.63, 3.8) is 0 Å². The average molecular weight is 392 g/mol. The first-order chi connectivity index (χ1) is 12.9. The molecule has 0 aromatic heterocycles. The van der Waals surface area contributed by atoms with Crippen molar-refractivity contribution in [3.05, 3.63) is 64.2 Å². The van der Waals surface area contributed by atoms with E-state index in [1.54, 1.807) is 18.2 Å². The lowest BCUT2D eigenvalue weighted by molar-refractivity contribution is -0.123. The maximum atomic E-state index is 12.0. The molecule has 0 aliphatic heterocycles. The SMILES string of the molecule is COC(=O)c1cc(OCC(=O)NCc2ccccc2Cl)cc(C(=O)OC)c1. The zero-order valence-electron chi connectivity index (χ0n) is 14.8. The number of esters is 2. The van der Waals surface area contributed by atoms with Crippen LogP contribution < -0.4 is 10.1 Å². The predicted molar refractivity (Wildman–Crippen MR) is 97.9 cm³/mol. The Kier molecular flexibility index (Phi) is 7.19. The lowest BCUT2D eigenvalue weighted by atomic mass is 10.1. The first kappa shape index (κ1) is 20.3. The van der Waals surface area contributed by atoms with Crippen LogP contribution in [0, 0.1) is 0 Å². The van der Waals surface area contributed by atoms with Crippen molar-refractivity contribution >= 4 is 29.4 Å². The van der Waals surface area contributed by atoms with Crippen LogP contribution in [-0.4, -0.2) is 38.7 Å². The molecule has 0 radical (unpaired) electrons. The van der Waals surface area contributed by atoms with Gasteiger partial charge in [0.25, 0.3) is 5.91 Å². The summed E-state index contributed by atoms with van der Waals surface area (Å²) in [5.74, 6) is -1.52. The highest BCUT2D eigenvalue weighted by Gasteiger charge is 2.15. The van der Waals surface area contributed by atoms with Crippen LogP contribution >= 0.6 is 11.6 Å². The molecule has 2 rings (SSSR count). The molecule has 0 bridgehead atoms. The molecule has 0 atom stereocenters. The Bertz CT molecular complexity index is 818.